The Kier molecular flexibility index (Phi) is 2.85. The third-order valence-electron chi connectivity index (χ3n) is 3.24. The second-order valence-electron chi connectivity index (χ2n) is 4.24. The van der Waals surface area contributed by atoms with E-state index in [1.165, 1.54) is 11.3 Å². The van der Waals surface area contributed by atoms with Crippen LogP contribution in [0.3, 0.4) is 0 Å². The lowest BCUT2D eigenvalue weighted by Crippen LogP contribution is -2.47. The minimum atomic E-state index is -0.417. The van der Waals surface area contributed by atoms with Crippen molar-refractivity contribution in [2.24, 2.45) is 0 Å². The van der Waals surface area contributed by atoms with Crippen LogP contribution in [0.4, 0.5) is 0 Å². The Hall–Kier alpha value is -0.980. The number of rotatable bonds is 1. The van der Waals surface area contributed by atoms with Crippen LogP contribution in [-0.4, -0.2) is 47.9 Å². The van der Waals surface area contributed by atoms with Gasteiger partial charge in [-0.1, -0.05) is 0 Å². The molecule has 0 aliphatic carbocycles. The summed E-state index contributed by atoms with van der Waals surface area (Å²) in [5, 5.41) is 2.39. The van der Waals surface area contributed by atoms with Gasteiger partial charge in [-0.2, -0.15) is 0 Å². The van der Waals surface area contributed by atoms with E-state index in [2.05, 4.69) is 4.98 Å². The number of nitrogens with zero attached hydrogens (tertiary/aromatic N) is 2. The van der Waals surface area contributed by atoms with Gasteiger partial charge in [-0.3, -0.25) is 4.79 Å². The maximum atomic E-state index is 12.1. The Balaban J connectivity index is 1.63. The maximum Gasteiger partial charge on any atom is 0.282 e. The number of carbonyl (C=O) groups is 1. The van der Waals surface area contributed by atoms with Crippen LogP contribution in [0.15, 0.2) is 11.6 Å². The largest absolute Gasteiger partial charge is 0.347 e. The number of thiazole rings is 1. The molecule has 0 N–H and O–H groups in total. The molecule has 0 unspecified atom stereocenters. The molecule has 0 atom stereocenters. The quantitative estimate of drug-likeness (QED) is 0.753. The van der Waals surface area contributed by atoms with Crippen molar-refractivity contribution in [2.45, 2.75) is 18.6 Å². The number of ether oxygens (including phenoxy) is 2. The zero-order chi connectivity index (χ0) is 11.7. The SMILES string of the molecule is O=C(c1nccs1)N1CCC2(CC1)OCCO2. The minimum Gasteiger partial charge on any atom is -0.347 e. The molecule has 3 rings (SSSR count). The molecular formula is C11H14N2O3S. The van der Waals surface area contributed by atoms with Crippen LogP contribution in [0.25, 0.3) is 0 Å². The first-order chi connectivity index (χ1) is 8.29. The van der Waals surface area contributed by atoms with E-state index >= 15 is 0 Å². The molecule has 92 valence electrons. The van der Waals surface area contributed by atoms with Crippen LogP contribution >= 0.6 is 11.3 Å². The molecule has 0 radical (unpaired) electrons. The van der Waals surface area contributed by atoms with Gasteiger partial charge in [-0.05, 0) is 0 Å². The lowest BCUT2D eigenvalue weighted by atomic mass is 10.0. The van der Waals surface area contributed by atoms with E-state index in [1.54, 1.807) is 6.20 Å². The van der Waals surface area contributed by atoms with Gasteiger partial charge in [0.15, 0.2) is 10.8 Å². The van der Waals surface area contributed by atoms with E-state index in [-0.39, 0.29) is 5.91 Å². The lowest BCUT2D eigenvalue weighted by molar-refractivity contribution is -0.181. The van der Waals surface area contributed by atoms with Gasteiger partial charge in [0.05, 0.1) is 13.2 Å². The summed E-state index contributed by atoms with van der Waals surface area (Å²) >= 11 is 1.38. The van der Waals surface area contributed by atoms with Crippen molar-refractivity contribution < 1.29 is 14.3 Å². The van der Waals surface area contributed by atoms with Crippen LogP contribution < -0.4 is 0 Å². The Morgan fingerprint density at radius 2 is 2.06 bits per heavy atom. The van der Waals surface area contributed by atoms with Gasteiger partial charge in [0.25, 0.3) is 5.91 Å². The van der Waals surface area contributed by atoms with Crippen LogP contribution in [0.5, 0.6) is 0 Å². The van der Waals surface area contributed by atoms with Crippen molar-refractivity contribution in [3.8, 4) is 0 Å². The summed E-state index contributed by atoms with van der Waals surface area (Å²) in [6, 6.07) is 0. The monoisotopic (exact) mass is 254 g/mol. The zero-order valence-electron chi connectivity index (χ0n) is 9.42. The highest BCUT2D eigenvalue weighted by Gasteiger charge is 2.41. The maximum absolute atomic E-state index is 12.1. The molecule has 1 amide bonds. The number of carbonyl (C=O) groups excluding carboxylic acids is 1. The summed E-state index contributed by atoms with van der Waals surface area (Å²) in [5.74, 6) is -0.396. The van der Waals surface area contributed by atoms with E-state index in [0.29, 0.717) is 31.3 Å². The molecule has 0 saturated carbocycles. The second kappa shape index (κ2) is 4.36. The molecule has 2 saturated heterocycles. The topological polar surface area (TPSA) is 51.7 Å². The molecule has 0 aromatic carbocycles. The highest BCUT2D eigenvalue weighted by molar-refractivity contribution is 7.11. The van der Waals surface area contributed by atoms with E-state index in [0.717, 1.165) is 12.8 Å². The summed E-state index contributed by atoms with van der Waals surface area (Å²) < 4.78 is 11.3. The summed E-state index contributed by atoms with van der Waals surface area (Å²) in [4.78, 5) is 17.9. The third kappa shape index (κ3) is 2.08. The summed E-state index contributed by atoms with van der Waals surface area (Å²) in [6.45, 7) is 2.69. The Labute approximate surface area is 103 Å². The number of aromatic nitrogens is 1. The fourth-order valence-corrected chi connectivity index (χ4v) is 2.90. The van der Waals surface area contributed by atoms with Crippen molar-refractivity contribution >= 4 is 17.2 Å². The highest BCUT2D eigenvalue weighted by Crippen LogP contribution is 2.31. The normalized spacial score (nSPS) is 23.2. The van der Waals surface area contributed by atoms with E-state index < -0.39 is 5.79 Å². The Morgan fingerprint density at radius 1 is 1.35 bits per heavy atom. The molecule has 0 bridgehead atoms. The standard InChI is InChI=1S/C11H14N2O3S/c14-10(9-12-3-8-17-9)13-4-1-11(2-5-13)15-6-7-16-11/h3,8H,1-2,4-7H2. The molecule has 5 nitrogen and oxygen atoms in total. The number of piperidine rings is 1. The molecule has 1 aromatic rings. The second-order valence-corrected chi connectivity index (χ2v) is 5.13. The van der Waals surface area contributed by atoms with Crippen molar-refractivity contribution in [3.63, 3.8) is 0 Å². The molecule has 2 aliphatic heterocycles. The number of likely N-dealkylation sites (tertiary alicyclic amines) is 1. The molecule has 17 heavy (non-hydrogen) atoms. The predicted molar refractivity (Wildman–Crippen MR) is 61.9 cm³/mol. The fourth-order valence-electron chi connectivity index (χ4n) is 2.30. The first kappa shape index (κ1) is 11.1. The molecule has 6 heteroatoms. The first-order valence-corrected chi connectivity index (χ1v) is 6.64. The number of hydrogen-bond donors (Lipinski definition) is 0. The summed E-state index contributed by atoms with van der Waals surface area (Å²) in [6.07, 6.45) is 3.17. The van der Waals surface area contributed by atoms with Crippen molar-refractivity contribution in [1.29, 1.82) is 0 Å². The van der Waals surface area contributed by atoms with Gasteiger partial charge in [0, 0.05) is 37.5 Å². The zero-order valence-corrected chi connectivity index (χ0v) is 10.2. The van der Waals surface area contributed by atoms with E-state index in [9.17, 15) is 4.79 Å². The molecule has 1 aromatic heterocycles. The van der Waals surface area contributed by atoms with Crippen molar-refractivity contribution in [2.75, 3.05) is 26.3 Å². The molecule has 3 heterocycles. The van der Waals surface area contributed by atoms with E-state index in [1.807, 2.05) is 10.3 Å². The molecule has 2 fully saturated rings. The summed E-state index contributed by atoms with van der Waals surface area (Å²) in [5.41, 5.74) is 0. The van der Waals surface area contributed by atoms with Gasteiger partial charge in [-0.15, -0.1) is 11.3 Å². The first-order valence-electron chi connectivity index (χ1n) is 5.76. The van der Waals surface area contributed by atoms with Gasteiger partial charge in [0.1, 0.15) is 0 Å². The molecular weight excluding hydrogens is 240 g/mol. The van der Waals surface area contributed by atoms with Crippen molar-refractivity contribution in [3.05, 3.63) is 16.6 Å². The minimum absolute atomic E-state index is 0.0212. The summed E-state index contributed by atoms with van der Waals surface area (Å²) in [7, 11) is 0. The average molecular weight is 254 g/mol. The van der Waals surface area contributed by atoms with Crippen LogP contribution in [0.1, 0.15) is 22.6 Å². The van der Waals surface area contributed by atoms with Gasteiger partial charge < -0.3 is 14.4 Å². The Morgan fingerprint density at radius 3 is 2.65 bits per heavy atom. The van der Waals surface area contributed by atoms with Crippen molar-refractivity contribution in [1.82, 2.24) is 9.88 Å². The highest BCUT2D eigenvalue weighted by atomic mass is 32.1. The molecule has 2 aliphatic rings. The van der Waals surface area contributed by atoms with Crippen LogP contribution in [0.2, 0.25) is 0 Å². The van der Waals surface area contributed by atoms with Gasteiger partial charge in [0.2, 0.25) is 0 Å². The van der Waals surface area contributed by atoms with Crippen LogP contribution in [0, 0.1) is 0 Å². The Bertz CT molecular complexity index is 391. The van der Waals surface area contributed by atoms with Gasteiger partial charge >= 0.3 is 0 Å². The van der Waals surface area contributed by atoms with Crippen LogP contribution in [-0.2, 0) is 9.47 Å². The lowest BCUT2D eigenvalue weighted by Gasteiger charge is -2.37. The average Bonchev–Trinajstić information content (AvgIpc) is 3.01. The van der Waals surface area contributed by atoms with Gasteiger partial charge in [-0.25, -0.2) is 4.98 Å². The van der Waals surface area contributed by atoms with E-state index in [4.69, 9.17) is 9.47 Å². The number of hydrogen-bond acceptors (Lipinski definition) is 5. The molecule has 1 spiro atoms. The fraction of sp³-hybridized carbons (Fsp3) is 0.636. The predicted octanol–water partition coefficient (Wildman–Crippen LogP) is 1.12. The third-order valence-corrected chi connectivity index (χ3v) is 4.00. The number of amides is 1. The smallest absolute Gasteiger partial charge is 0.282 e.